The zero-order valence-corrected chi connectivity index (χ0v) is 6.73. The zero-order valence-electron chi connectivity index (χ0n) is 5.97. The van der Waals surface area contributed by atoms with Crippen molar-refractivity contribution in [2.45, 2.75) is 19.0 Å². The minimum absolute atomic E-state index is 0.172. The Kier molecular flexibility index (Phi) is 4.77. The lowest BCUT2D eigenvalue weighted by molar-refractivity contribution is -0.146. The van der Waals surface area contributed by atoms with Gasteiger partial charge in [0.1, 0.15) is 6.42 Å². The van der Waals surface area contributed by atoms with Crippen LogP contribution >= 0.6 is 11.6 Å². The van der Waals surface area contributed by atoms with Crippen LogP contribution in [0.3, 0.4) is 0 Å². The summed E-state index contributed by atoms with van der Waals surface area (Å²) in [7, 11) is 0. The van der Waals surface area contributed by atoms with E-state index in [4.69, 9.17) is 11.6 Å². The van der Waals surface area contributed by atoms with Gasteiger partial charge in [0.05, 0.1) is 6.61 Å². The maximum absolute atomic E-state index is 11.9. The van der Waals surface area contributed by atoms with Crippen LogP contribution in [-0.4, -0.2) is 24.0 Å². The number of rotatable bonds is 4. The molecule has 0 N–H and O–H groups in total. The quantitative estimate of drug-likeness (QED) is 0.371. The van der Waals surface area contributed by atoms with Gasteiger partial charge in [0.2, 0.25) is 5.63 Å². The summed E-state index contributed by atoms with van der Waals surface area (Å²) in [6.07, 6.45) is -0.599. The van der Waals surface area contributed by atoms with Gasteiger partial charge in [-0.15, -0.1) is 0 Å². The molecule has 0 amide bonds. The van der Waals surface area contributed by atoms with Gasteiger partial charge in [-0.2, -0.15) is 0 Å². The van der Waals surface area contributed by atoms with Gasteiger partial charge in [-0.3, -0.25) is 9.59 Å². The van der Waals surface area contributed by atoms with E-state index in [1.54, 1.807) is 6.92 Å². The minimum atomic E-state index is -2.11. The Bertz CT molecular complexity index is 158. The third-order valence-electron chi connectivity index (χ3n) is 0.867. The molecule has 3 nitrogen and oxygen atoms in total. The molecule has 1 atom stereocenters. The number of ether oxygens (including phenoxy) is 1. The maximum atomic E-state index is 11.9. The van der Waals surface area contributed by atoms with Crippen LogP contribution in [0.2, 0.25) is 0 Å². The van der Waals surface area contributed by atoms with Crippen molar-refractivity contribution >= 4 is 23.4 Å². The van der Waals surface area contributed by atoms with E-state index in [1.807, 2.05) is 0 Å². The van der Waals surface area contributed by atoms with Crippen LogP contribution < -0.4 is 0 Å². The molecule has 0 saturated heterocycles. The van der Waals surface area contributed by atoms with E-state index in [2.05, 4.69) is 4.74 Å². The van der Waals surface area contributed by atoms with Crippen LogP contribution in [0.25, 0.3) is 0 Å². The molecular formula is C6H8ClFO3. The van der Waals surface area contributed by atoms with E-state index in [0.717, 1.165) is 0 Å². The first-order chi connectivity index (χ1) is 5.07. The Morgan fingerprint density at radius 1 is 1.64 bits per heavy atom. The molecule has 0 aliphatic heterocycles. The first-order valence-electron chi connectivity index (χ1n) is 3.04. The van der Waals surface area contributed by atoms with Gasteiger partial charge in [-0.25, -0.2) is 4.39 Å². The third kappa shape index (κ3) is 4.72. The molecule has 64 valence electrons. The Labute approximate surface area is 68.5 Å². The molecule has 0 fully saturated rings. The number of carbonyl (C=O) groups is 2. The van der Waals surface area contributed by atoms with E-state index >= 15 is 0 Å². The zero-order chi connectivity index (χ0) is 8.85. The van der Waals surface area contributed by atoms with Crippen molar-refractivity contribution in [2.75, 3.05) is 6.61 Å². The number of esters is 1. The monoisotopic (exact) mass is 182 g/mol. The summed E-state index contributed by atoms with van der Waals surface area (Å²) in [6.45, 7) is 1.77. The van der Waals surface area contributed by atoms with Crippen molar-refractivity contribution in [3.05, 3.63) is 0 Å². The lowest BCUT2D eigenvalue weighted by Crippen LogP contribution is -2.16. The second-order valence-corrected chi connectivity index (χ2v) is 2.13. The SMILES string of the molecule is CCOC(=O)CC(=O)C(F)Cl. The minimum Gasteiger partial charge on any atom is -0.466 e. The van der Waals surface area contributed by atoms with E-state index in [0.29, 0.717) is 0 Å². The second kappa shape index (κ2) is 5.07. The fourth-order valence-corrected chi connectivity index (χ4v) is 0.509. The van der Waals surface area contributed by atoms with Crippen molar-refractivity contribution in [3.8, 4) is 0 Å². The summed E-state index contributed by atoms with van der Waals surface area (Å²) in [4.78, 5) is 20.9. The molecule has 5 heteroatoms. The van der Waals surface area contributed by atoms with E-state index < -0.39 is 23.8 Å². The van der Waals surface area contributed by atoms with E-state index in [9.17, 15) is 14.0 Å². The summed E-state index contributed by atoms with van der Waals surface area (Å²) in [5.74, 6) is -1.72. The molecule has 0 heterocycles. The van der Waals surface area contributed by atoms with Crippen molar-refractivity contribution in [2.24, 2.45) is 0 Å². The number of hydrogen-bond donors (Lipinski definition) is 0. The molecule has 0 aliphatic carbocycles. The van der Waals surface area contributed by atoms with Gasteiger partial charge >= 0.3 is 5.97 Å². The first kappa shape index (κ1) is 10.4. The molecule has 0 spiro atoms. The number of halogens is 2. The largest absolute Gasteiger partial charge is 0.466 e. The topological polar surface area (TPSA) is 43.4 Å². The van der Waals surface area contributed by atoms with Gasteiger partial charge in [0.15, 0.2) is 5.78 Å². The van der Waals surface area contributed by atoms with Crippen molar-refractivity contribution in [1.29, 1.82) is 0 Å². The molecule has 0 saturated carbocycles. The predicted molar refractivity (Wildman–Crippen MR) is 37.0 cm³/mol. The number of Topliss-reactive ketones (excluding diaryl/α,β-unsaturated/α-hetero) is 1. The van der Waals surface area contributed by atoms with Gasteiger partial charge < -0.3 is 4.74 Å². The van der Waals surface area contributed by atoms with Crippen LogP contribution in [0.5, 0.6) is 0 Å². The molecule has 0 aromatic carbocycles. The number of hydrogen-bond acceptors (Lipinski definition) is 3. The molecule has 0 aromatic rings. The highest BCUT2D eigenvalue weighted by Crippen LogP contribution is 2.02. The molecule has 0 aromatic heterocycles. The molecule has 1 unspecified atom stereocenters. The summed E-state index contributed by atoms with van der Waals surface area (Å²) < 4.78 is 16.3. The molecular weight excluding hydrogens is 175 g/mol. The van der Waals surface area contributed by atoms with E-state index in [-0.39, 0.29) is 6.61 Å². The average Bonchev–Trinajstić information content (AvgIpc) is 1.87. The second-order valence-electron chi connectivity index (χ2n) is 1.75. The highest BCUT2D eigenvalue weighted by Gasteiger charge is 2.17. The standard InChI is InChI=1S/C6H8ClFO3/c1-2-11-5(10)3-4(9)6(7)8/h6H,2-3H2,1H3. The van der Waals surface area contributed by atoms with Gasteiger partial charge in [-0.1, -0.05) is 11.6 Å². The number of ketones is 1. The average molecular weight is 183 g/mol. The van der Waals surface area contributed by atoms with E-state index in [1.165, 1.54) is 0 Å². The van der Waals surface area contributed by atoms with Crippen LogP contribution in [-0.2, 0) is 14.3 Å². The van der Waals surface area contributed by atoms with Crippen LogP contribution in [0, 0.1) is 0 Å². The fraction of sp³-hybridized carbons (Fsp3) is 0.667. The Morgan fingerprint density at radius 2 is 2.18 bits per heavy atom. The highest BCUT2D eigenvalue weighted by atomic mass is 35.5. The van der Waals surface area contributed by atoms with Crippen molar-refractivity contribution in [1.82, 2.24) is 0 Å². The lowest BCUT2D eigenvalue weighted by Gasteiger charge is -1.99. The predicted octanol–water partition coefficient (Wildman–Crippen LogP) is 1.04. The Hall–Kier alpha value is -0.640. The normalized spacial score (nSPS) is 12.3. The molecule has 0 bridgehead atoms. The van der Waals surface area contributed by atoms with Crippen LogP contribution in [0.1, 0.15) is 13.3 Å². The van der Waals surface area contributed by atoms with Gasteiger partial charge in [-0.05, 0) is 6.92 Å². The third-order valence-corrected chi connectivity index (χ3v) is 1.11. The molecule has 0 radical (unpaired) electrons. The highest BCUT2D eigenvalue weighted by molar-refractivity contribution is 6.31. The van der Waals surface area contributed by atoms with Gasteiger partial charge in [0, 0.05) is 0 Å². The van der Waals surface area contributed by atoms with Crippen molar-refractivity contribution in [3.63, 3.8) is 0 Å². The maximum Gasteiger partial charge on any atom is 0.313 e. The van der Waals surface area contributed by atoms with Gasteiger partial charge in [0.25, 0.3) is 0 Å². The summed E-state index contributed by atoms with van der Waals surface area (Å²) in [5, 5.41) is 0. The van der Waals surface area contributed by atoms with Crippen LogP contribution in [0.4, 0.5) is 4.39 Å². The van der Waals surface area contributed by atoms with Crippen LogP contribution in [0.15, 0.2) is 0 Å². The smallest absolute Gasteiger partial charge is 0.313 e. The molecule has 0 rings (SSSR count). The Morgan fingerprint density at radius 3 is 2.55 bits per heavy atom. The summed E-state index contributed by atoms with van der Waals surface area (Å²) in [6, 6.07) is 0. The molecule has 0 aliphatic rings. The lowest BCUT2D eigenvalue weighted by atomic mass is 10.3. The summed E-state index contributed by atoms with van der Waals surface area (Å²) in [5.41, 5.74) is -2.11. The summed E-state index contributed by atoms with van der Waals surface area (Å²) >= 11 is 4.75. The fourth-order valence-electron chi connectivity index (χ4n) is 0.431. The number of carbonyl (C=O) groups excluding carboxylic acids is 2. The molecule has 11 heavy (non-hydrogen) atoms. The Balaban J connectivity index is 3.67. The first-order valence-corrected chi connectivity index (χ1v) is 3.48. The number of alkyl halides is 2. The van der Waals surface area contributed by atoms with Crippen molar-refractivity contribution < 1.29 is 18.7 Å².